The van der Waals surface area contributed by atoms with Gasteiger partial charge in [0, 0.05) is 24.6 Å². The van der Waals surface area contributed by atoms with Gasteiger partial charge in [-0.2, -0.15) is 0 Å². The molecule has 45 heavy (non-hydrogen) atoms. The highest BCUT2D eigenvalue weighted by Gasteiger charge is 2.32. The summed E-state index contributed by atoms with van der Waals surface area (Å²) in [4.78, 5) is 68.6. The van der Waals surface area contributed by atoms with E-state index in [4.69, 9.17) is 16.3 Å². The summed E-state index contributed by atoms with van der Waals surface area (Å²) in [6, 6.07) is 10.4. The van der Waals surface area contributed by atoms with Crippen molar-refractivity contribution in [1.82, 2.24) is 26.2 Å². The molecular formula is C33H44ClN5O6. The Morgan fingerprint density at radius 3 is 2.22 bits per heavy atom. The number of benzene rings is 2. The highest BCUT2D eigenvalue weighted by molar-refractivity contribution is 6.32. The van der Waals surface area contributed by atoms with E-state index in [1.54, 1.807) is 12.1 Å². The predicted molar refractivity (Wildman–Crippen MR) is 172 cm³/mol. The third kappa shape index (κ3) is 10.5. The lowest BCUT2D eigenvalue weighted by atomic mass is 10.0. The van der Waals surface area contributed by atoms with Crippen molar-refractivity contribution in [3.8, 4) is 5.75 Å². The van der Waals surface area contributed by atoms with Crippen LogP contribution >= 0.6 is 11.6 Å². The Labute approximate surface area is 269 Å². The van der Waals surface area contributed by atoms with Crippen LogP contribution in [0.1, 0.15) is 63.4 Å². The van der Waals surface area contributed by atoms with Crippen LogP contribution in [0, 0.1) is 5.92 Å². The molecule has 4 atom stereocenters. The highest BCUT2D eigenvalue weighted by atomic mass is 35.5. The van der Waals surface area contributed by atoms with E-state index < -0.39 is 53.7 Å². The average molecular weight is 642 g/mol. The Balaban J connectivity index is 1.98. The molecule has 3 rings (SSSR count). The fraction of sp³-hybridized carbons (Fsp3) is 0.485. The Hall–Kier alpha value is -4.12. The van der Waals surface area contributed by atoms with E-state index in [2.05, 4.69) is 21.3 Å². The zero-order chi connectivity index (χ0) is 33.1. The van der Waals surface area contributed by atoms with Crippen LogP contribution in [0.15, 0.2) is 48.5 Å². The van der Waals surface area contributed by atoms with E-state index in [0.29, 0.717) is 25.2 Å². The molecule has 244 valence electrons. The molecule has 0 aromatic heterocycles. The second-order valence-corrected chi connectivity index (χ2v) is 12.0. The normalized spacial score (nSPS) is 22.0. The van der Waals surface area contributed by atoms with Crippen molar-refractivity contribution in [2.45, 2.75) is 78.0 Å². The summed E-state index contributed by atoms with van der Waals surface area (Å²) in [6.45, 7) is 9.02. The van der Waals surface area contributed by atoms with E-state index in [9.17, 15) is 24.0 Å². The number of carbonyl (C=O) groups excluding carboxylic acids is 5. The Morgan fingerprint density at radius 1 is 0.933 bits per heavy atom. The second-order valence-electron chi connectivity index (χ2n) is 11.6. The first-order valence-corrected chi connectivity index (χ1v) is 15.8. The molecule has 11 nitrogen and oxygen atoms in total. The molecule has 0 aliphatic carbocycles. The molecule has 0 unspecified atom stereocenters. The van der Waals surface area contributed by atoms with Crippen LogP contribution in [0.4, 0.5) is 0 Å². The lowest BCUT2D eigenvalue weighted by Gasteiger charge is -2.29. The summed E-state index contributed by atoms with van der Waals surface area (Å²) in [7, 11) is 0. The fourth-order valence-corrected chi connectivity index (χ4v) is 5.25. The minimum atomic E-state index is -0.996. The molecule has 1 aliphatic rings. The number of rotatable bonds is 8. The summed E-state index contributed by atoms with van der Waals surface area (Å²) in [5, 5.41) is 11.4. The first-order valence-electron chi connectivity index (χ1n) is 15.4. The van der Waals surface area contributed by atoms with Crippen molar-refractivity contribution in [3.05, 3.63) is 64.7 Å². The molecular weight excluding hydrogens is 598 g/mol. The van der Waals surface area contributed by atoms with Crippen molar-refractivity contribution in [1.29, 1.82) is 0 Å². The van der Waals surface area contributed by atoms with Gasteiger partial charge in [0.25, 0.3) is 5.91 Å². The summed E-state index contributed by atoms with van der Waals surface area (Å²) >= 11 is 6.35. The number of nitrogens with one attached hydrogen (secondary N) is 4. The predicted octanol–water partition coefficient (Wildman–Crippen LogP) is 2.85. The SMILES string of the molecule is CCOc1ccc(C(=O)N2CC(=O)N[C@H](C)C(=O)N[C@@H](CC(C)C)C(=O)N[C@@H](Cc3ccccc3)C(=O)N[C@@H](CC)C2)cc1Cl. The van der Waals surface area contributed by atoms with Crippen LogP contribution in [0.2, 0.25) is 5.02 Å². The number of ether oxygens (including phenoxy) is 1. The van der Waals surface area contributed by atoms with Crippen molar-refractivity contribution < 1.29 is 28.7 Å². The van der Waals surface area contributed by atoms with E-state index in [0.717, 1.165) is 5.56 Å². The van der Waals surface area contributed by atoms with E-state index in [1.165, 1.54) is 17.9 Å². The number of amides is 5. The van der Waals surface area contributed by atoms with Gasteiger partial charge in [0.2, 0.25) is 23.6 Å². The summed E-state index contributed by atoms with van der Waals surface area (Å²) in [5.41, 5.74) is 1.06. The van der Waals surface area contributed by atoms with Crippen molar-refractivity contribution in [2.24, 2.45) is 5.92 Å². The molecule has 0 spiro atoms. The summed E-state index contributed by atoms with van der Waals surface area (Å²) < 4.78 is 5.48. The summed E-state index contributed by atoms with van der Waals surface area (Å²) in [6.07, 6.45) is 0.961. The van der Waals surface area contributed by atoms with Gasteiger partial charge in [-0.3, -0.25) is 24.0 Å². The maximum absolute atomic E-state index is 13.7. The molecule has 2 aromatic carbocycles. The molecule has 0 radical (unpaired) electrons. The smallest absolute Gasteiger partial charge is 0.254 e. The van der Waals surface area contributed by atoms with E-state index >= 15 is 0 Å². The lowest BCUT2D eigenvalue weighted by molar-refractivity contribution is -0.133. The molecule has 4 N–H and O–H groups in total. The fourth-order valence-electron chi connectivity index (χ4n) is 5.01. The second kappa shape index (κ2) is 16.8. The zero-order valence-electron chi connectivity index (χ0n) is 26.5. The maximum Gasteiger partial charge on any atom is 0.254 e. The number of nitrogens with zero attached hydrogens (tertiary/aromatic N) is 1. The van der Waals surface area contributed by atoms with Gasteiger partial charge in [-0.15, -0.1) is 0 Å². The largest absolute Gasteiger partial charge is 0.492 e. The number of carbonyl (C=O) groups is 5. The standard InChI is InChI=1S/C33H44ClN5O6/c1-6-24-18-39(33(44)23-13-14-28(45-7-2)25(34)17-23)19-29(40)35-21(5)30(41)37-26(15-20(3)4)32(43)38-27(31(42)36-24)16-22-11-9-8-10-12-22/h8-14,17,20-21,24,26-27H,6-7,15-16,18-19H2,1-5H3,(H,35,40)(H,36,42)(H,37,41)(H,38,43)/t21-,24+,26+,27+/m1/s1. The Kier molecular flexibility index (Phi) is 13.2. The monoisotopic (exact) mass is 641 g/mol. The average Bonchev–Trinajstić information content (AvgIpc) is 3.00. The third-order valence-electron chi connectivity index (χ3n) is 7.41. The number of hydrogen-bond acceptors (Lipinski definition) is 6. The molecule has 1 aliphatic heterocycles. The van der Waals surface area contributed by atoms with Crippen LogP contribution in [-0.2, 0) is 25.6 Å². The highest BCUT2D eigenvalue weighted by Crippen LogP contribution is 2.26. The van der Waals surface area contributed by atoms with Gasteiger partial charge >= 0.3 is 0 Å². The van der Waals surface area contributed by atoms with Crippen LogP contribution in [0.3, 0.4) is 0 Å². The topological polar surface area (TPSA) is 146 Å². The van der Waals surface area contributed by atoms with E-state index in [-0.39, 0.29) is 36.0 Å². The minimum absolute atomic E-state index is 0.0120. The quantitative estimate of drug-likeness (QED) is 0.349. The minimum Gasteiger partial charge on any atom is -0.492 e. The molecule has 12 heteroatoms. The van der Waals surface area contributed by atoms with Crippen molar-refractivity contribution >= 4 is 41.1 Å². The van der Waals surface area contributed by atoms with Crippen molar-refractivity contribution in [3.63, 3.8) is 0 Å². The van der Waals surface area contributed by atoms with Gasteiger partial charge < -0.3 is 30.9 Å². The maximum atomic E-state index is 13.7. The van der Waals surface area contributed by atoms with Gasteiger partial charge in [0.1, 0.15) is 23.9 Å². The van der Waals surface area contributed by atoms with Gasteiger partial charge in [0.05, 0.1) is 18.2 Å². The van der Waals surface area contributed by atoms with Crippen LogP contribution in [-0.4, -0.2) is 78.3 Å². The number of halogens is 1. The summed E-state index contributed by atoms with van der Waals surface area (Å²) in [5.74, 6) is -2.11. The first kappa shape index (κ1) is 35.4. The zero-order valence-corrected chi connectivity index (χ0v) is 27.3. The van der Waals surface area contributed by atoms with Crippen molar-refractivity contribution in [2.75, 3.05) is 19.7 Å². The molecule has 1 heterocycles. The van der Waals surface area contributed by atoms with Gasteiger partial charge in [-0.05, 0) is 56.4 Å². The number of hydrogen-bond donors (Lipinski definition) is 4. The first-order chi connectivity index (χ1) is 21.4. The molecule has 1 saturated heterocycles. The molecule has 5 amide bonds. The molecule has 1 fully saturated rings. The molecule has 0 saturated carbocycles. The van der Waals surface area contributed by atoms with Crippen LogP contribution in [0.5, 0.6) is 5.75 Å². The van der Waals surface area contributed by atoms with Gasteiger partial charge in [-0.25, -0.2) is 0 Å². The Bertz CT molecular complexity index is 1350. The van der Waals surface area contributed by atoms with Crippen LogP contribution in [0.25, 0.3) is 0 Å². The molecule has 0 bridgehead atoms. The van der Waals surface area contributed by atoms with Gasteiger partial charge in [0.15, 0.2) is 0 Å². The van der Waals surface area contributed by atoms with Gasteiger partial charge in [-0.1, -0.05) is 62.7 Å². The van der Waals surface area contributed by atoms with Crippen LogP contribution < -0.4 is 26.0 Å². The van der Waals surface area contributed by atoms with E-state index in [1.807, 2.05) is 58.0 Å². The lowest BCUT2D eigenvalue weighted by Crippen LogP contribution is -2.57. The third-order valence-corrected chi connectivity index (χ3v) is 7.70. The Morgan fingerprint density at radius 2 is 1.60 bits per heavy atom. The molecule has 2 aromatic rings.